The van der Waals surface area contributed by atoms with E-state index in [9.17, 15) is 9.59 Å². The number of urea groups is 1. The van der Waals surface area contributed by atoms with Gasteiger partial charge in [0, 0.05) is 30.2 Å². The summed E-state index contributed by atoms with van der Waals surface area (Å²) in [5.41, 5.74) is 0.675. The normalized spacial score (nSPS) is 16.9. The molecule has 0 radical (unpaired) electrons. The Morgan fingerprint density at radius 3 is 2.85 bits per heavy atom. The number of hydrogen-bond donors (Lipinski definition) is 1. The fourth-order valence-corrected chi connectivity index (χ4v) is 2.95. The van der Waals surface area contributed by atoms with Crippen molar-refractivity contribution < 1.29 is 14.3 Å². The minimum atomic E-state index is -0.608. The number of benzene rings is 1. The fraction of sp³-hybridized carbons (Fsp3) is 0.444. The van der Waals surface area contributed by atoms with E-state index in [0.29, 0.717) is 42.5 Å². The second kappa shape index (κ2) is 8.39. The lowest BCUT2D eigenvalue weighted by molar-refractivity contribution is -0.127. The number of carbonyl (C=O) groups excluding carboxylic acids is 2. The number of aromatic nitrogens is 3. The molecule has 1 saturated heterocycles. The van der Waals surface area contributed by atoms with Crippen molar-refractivity contribution in [1.29, 1.82) is 0 Å². The molecule has 0 spiro atoms. The average molecular weight is 392 g/mol. The molecule has 1 aliphatic rings. The molecule has 1 aromatic carbocycles. The Morgan fingerprint density at radius 2 is 2.15 bits per heavy atom. The highest BCUT2D eigenvalue weighted by Crippen LogP contribution is 2.17. The highest BCUT2D eigenvalue weighted by molar-refractivity contribution is 6.30. The van der Waals surface area contributed by atoms with E-state index in [2.05, 4.69) is 15.6 Å². The molecule has 1 fully saturated rings. The van der Waals surface area contributed by atoms with Crippen LogP contribution in [-0.2, 0) is 11.2 Å². The van der Waals surface area contributed by atoms with Crippen LogP contribution in [0.3, 0.4) is 0 Å². The molecule has 2 aromatic rings. The molecular formula is C18H22ClN5O3. The molecule has 27 heavy (non-hydrogen) atoms. The van der Waals surface area contributed by atoms with Crippen molar-refractivity contribution >= 4 is 23.5 Å². The second-order valence-electron chi connectivity index (χ2n) is 6.64. The predicted octanol–water partition coefficient (Wildman–Crippen LogP) is 2.44. The third-order valence-electron chi connectivity index (χ3n) is 4.20. The molecule has 0 unspecified atom stereocenters. The van der Waals surface area contributed by atoms with Crippen molar-refractivity contribution in [1.82, 2.24) is 25.2 Å². The summed E-state index contributed by atoms with van der Waals surface area (Å²) in [5.74, 6) is 0.410. The summed E-state index contributed by atoms with van der Waals surface area (Å²) >= 11 is 5.90. The van der Waals surface area contributed by atoms with Crippen LogP contribution >= 0.6 is 11.6 Å². The third kappa shape index (κ3) is 4.77. The lowest BCUT2D eigenvalue weighted by Gasteiger charge is -2.13. The average Bonchev–Trinajstić information content (AvgIpc) is 3.19. The van der Waals surface area contributed by atoms with E-state index in [1.54, 1.807) is 35.1 Å². The summed E-state index contributed by atoms with van der Waals surface area (Å²) in [5, 5.41) is 11.4. The molecule has 2 heterocycles. The monoisotopic (exact) mass is 391 g/mol. The molecule has 0 aliphatic carbocycles. The van der Waals surface area contributed by atoms with Crippen LogP contribution < -0.4 is 10.1 Å². The van der Waals surface area contributed by atoms with Crippen LogP contribution in [0.25, 0.3) is 0 Å². The van der Waals surface area contributed by atoms with Gasteiger partial charge in [-0.25, -0.2) is 9.48 Å². The Hall–Kier alpha value is -2.61. The molecule has 9 heteroatoms. The van der Waals surface area contributed by atoms with E-state index in [-0.39, 0.29) is 18.0 Å². The van der Waals surface area contributed by atoms with Gasteiger partial charge in [-0.15, -0.1) is 5.10 Å². The molecule has 1 N–H and O–H groups in total. The molecule has 1 aliphatic heterocycles. The summed E-state index contributed by atoms with van der Waals surface area (Å²) in [6.45, 7) is 4.66. The van der Waals surface area contributed by atoms with Crippen LogP contribution in [0, 0.1) is 0 Å². The molecule has 1 atom stereocenters. The number of rotatable bonds is 8. The van der Waals surface area contributed by atoms with Gasteiger partial charge in [0.2, 0.25) is 0 Å². The molecule has 3 amide bonds. The molecule has 0 saturated carbocycles. The predicted molar refractivity (Wildman–Crippen MR) is 99.7 cm³/mol. The largest absolute Gasteiger partial charge is 0.493 e. The minimum Gasteiger partial charge on any atom is -0.493 e. The molecular weight excluding hydrogens is 370 g/mol. The number of carbonyl (C=O) groups is 2. The zero-order chi connectivity index (χ0) is 19.4. The lowest BCUT2D eigenvalue weighted by Crippen LogP contribution is -2.33. The third-order valence-corrected chi connectivity index (χ3v) is 4.43. The number of imide groups is 1. The van der Waals surface area contributed by atoms with E-state index in [4.69, 9.17) is 16.3 Å². The van der Waals surface area contributed by atoms with E-state index in [0.717, 1.165) is 0 Å². The van der Waals surface area contributed by atoms with Crippen LogP contribution in [0.15, 0.2) is 30.5 Å². The number of nitrogens with zero attached hydrogens (tertiary/aromatic N) is 4. The number of halogens is 1. The Kier molecular flexibility index (Phi) is 5.95. The summed E-state index contributed by atoms with van der Waals surface area (Å²) in [7, 11) is 0. The Labute approximate surface area is 162 Å². The lowest BCUT2D eigenvalue weighted by atomic mass is 10.1. The number of nitrogens with one attached hydrogen (secondary N) is 1. The molecule has 3 rings (SSSR count). The van der Waals surface area contributed by atoms with E-state index < -0.39 is 6.04 Å². The molecule has 1 aromatic heterocycles. The van der Waals surface area contributed by atoms with Crippen molar-refractivity contribution in [3.8, 4) is 5.75 Å². The summed E-state index contributed by atoms with van der Waals surface area (Å²) in [6.07, 6.45) is 2.65. The van der Waals surface area contributed by atoms with Gasteiger partial charge in [-0.1, -0.05) is 22.9 Å². The molecule has 144 valence electrons. The second-order valence-corrected chi connectivity index (χ2v) is 7.08. The van der Waals surface area contributed by atoms with Crippen molar-refractivity contribution in [2.45, 2.75) is 38.8 Å². The Balaban J connectivity index is 1.48. The summed E-state index contributed by atoms with van der Waals surface area (Å²) in [6, 6.07) is 6.29. The number of ether oxygens (including phenoxy) is 1. The van der Waals surface area contributed by atoms with Crippen molar-refractivity contribution in [3.05, 3.63) is 41.2 Å². The maximum absolute atomic E-state index is 12.5. The minimum absolute atomic E-state index is 0.191. The highest BCUT2D eigenvalue weighted by Gasteiger charge is 2.37. The zero-order valence-electron chi connectivity index (χ0n) is 15.3. The standard InChI is InChI=1S/C18H22ClN5O3/c1-12(2)24-11-14(21-22-24)10-16-17(25)23(18(26)20-16)7-4-8-27-15-6-3-5-13(19)9-15/h3,5-6,9,11-12,16H,4,7-8,10H2,1-2H3,(H,20,26)/t16-/m1/s1. The van der Waals surface area contributed by atoms with Gasteiger partial charge < -0.3 is 10.1 Å². The van der Waals surface area contributed by atoms with Crippen LogP contribution in [0.4, 0.5) is 4.79 Å². The van der Waals surface area contributed by atoms with Crippen LogP contribution in [-0.4, -0.2) is 51.0 Å². The van der Waals surface area contributed by atoms with Gasteiger partial charge in [-0.05, 0) is 38.5 Å². The topological polar surface area (TPSA) is 89.4 Å². The van der Waals surface area contributed by atoms with Gasteiger partial charge in [-0.3, -0.25) is 9.69 Å². The summed E-state index contributed by atoms with van der Waals surface area (Å²) < 4.78 is 7.31. The zero-order valence-corrected chi connectivity index (χ0v) is 16.0. The van der Waals surface area contributed by atoms with E-state index in [1.807, 2.05) is 13.8 Å². The van der Waals surface area contributed by atoms with Gasteiger partial charge >= 0.3 is 6.03 Å². The van der Waals surface area contributed by atoms with Gasteiger partial charge in [0.25, 0.3) is 5.91 Å². The first-order chi connectivity index (χ1) is 12.9. The molecule has 0 bridgehead atoms. The van der Waals surface area contributed by atoms with Gasteiger partial charge in [0.05, 0.1) is 12.3 Å². The SMILES string of the molecule is CC(C)n1cc(C[C@H]2NC(=O)N(CCCOc3cccc(Cl)c3)C2=O)nn1. The Bertz CT molecular complexity index is 823. The fourth-order valence-electron chi connectivity index (χ4n) is 2.76. The Morgan fingerprint density at radius 1 is 1.33 bits per heavy atom. The van der Waals surface area contributed by atoms with Crippen molar-refractivity contribution in [2.24, 2.45) is 0 Å². The van der Waals surface area contributed by atoms with Crippen molar-refractivity contribution in [3.63, 3.8) is 0 Å². The van der Waals surface area contributed by atoms with Crippen LogP contribution in [0.2, 0.25) is 5.02 Å². The van der Waals surface area contributed by atoms with E-state index >= 15 is 0 Å². The van der Waals surface area contributed by atoms with Gasteiger partial charge in [0.15, 0.2) is 0 Å². The van der Waals surface area contributed by atoms with E-state index in [1.165, 1.54) is 4.90 Å². The maximum Gasteiger partial charge on any atom is 0.324 e. The summed E-state index contributed by atoms with van der Waals surface area (Å²) in [4.78, 5) is 25.8. The maximum atomic E-state index is 12.5. The van der Waals surface area contributed by atoms with Crippen LogP contribution in [0.1, 0.15) is 32.0 Å². The highest BCUT2D eigenvalue weighted by atomic mass is 35.5. The first kappa shape index (κ1) is 19.2. The number of amides is 3. The molecule has 8 nitrogen and oxygen atoms in total. The first-order valence-electron chi connectivity index (χ1n) is 8.85. The first-order valence-corrected chi connectivity index (χ1v) is 9.23. The van der Waals surface area contributed by atoms with Crippen molar-refractivity contribution in [2.75, 3.05) is 13.2 Å². The van der Waals surface area contributed by atoms with Gasteiger partial charge in [-0.2, -0.15) is 0 Å². The smallest absolute Gasteiger partial charge is 0.324 e. The quantitative estimate of drug-likeness (QED) is 0.551. The van der Waals surface area contributed by atoms with Gasteiger partial charge in [0.1, 0.15) is 11.8 Å². The van der Waals surface area contributed by atoms with Crippen LogP contribution in [0.5, 0.6) is 5.75 Å². The number of hydrogen-bond acceptors (Lipinski definition) is 5.